The van der Waals surface area contributed by atoms with Crippen LogP contribution in [0.3, 0.4) is 0 Å². The summed E-state index contributed by atoms with van der Waals surface area (Å²) >= 11 is 7.68. The van der Waals surface area contributed by atoms with Gasteiger partial charge in [0.15, 0.2) is 0 Å². The van der Waals surface area contributed by atoms with E-state index in [1.54, 1.807) is 43.7 Å². The topological polar surface area (TPSA) is 77.0 Å². The maximum absolute atomic E-state index is 12.7. The molecular formula is C29H35ClN2O4S. The van der Waals surface area contributed by atoms with Crippen LogP contribution in [-0.4, -0.2) is 25.2 Å². The van der Waals surface area contributed by atoms with Crippen LogP contribution in [0.4, 0.5) is 0 Å². The van der Waals surface area contributed by atoms with Crippen molar-refractivity contribution in [2.45, 2.75) is 71.1 Å². The van der Waals surface area contributed by atoms with E-state index in [0.717, 1.165) is 28.5 Å². The Bertz CT molecular complexity index is 1190. The highest BCUT2D eigenvalue weighted by Crippen LogP contribution is 2.37. The number of esters is 1. The number of hydrazone groups is 1. The third kappa shape index (κ3) is 9.17. The van der Waals surface area contributed by atoms with Crippen LogP contribution >= 0.6 is 22.9 Å². The molecule has 3 aromatic rings. The summed E-state index contributed by atoms with van der Waals surface area (Å²) in [4.78, 5) is 25.0. The molecule has 1 aromatic heterocycles. The van der Waals surface area contributed by atoms with Gasteiger partial charge in [-0.3, -0.25) is 4.79 Å². The number of thiophene rings is 1. The lowest BCUT2D eigenvalue weighted by molar-refractivity contribution is -0.121. The molecule has 0 bridgehead atoms. The third-order valence-corrected chi connectivity index (χ3v) is 7.66. The Kier molecular flexibility index (Phi) is 11.9. The number of ether oxygens (including phenoxy) is 2. The lowest BCUT2D eigenvalue weighted by Crippen LogP contribution is -2.16. The van der Waals surface area contributed by atoms with Crippen LogP contribution in [0.5, 0.6) is 11.5 Å². The summed E-state index contributed by atoms with van der Waals surface area (Å²) in [5.74, 6) is 0.489. The molecule has 3 rings (SSSR count). The number of fused-ring (bicyclic) bond motifs is 1. The van der Waals surface area contributed by atoms with Crippen molar-refractivity contribution in [1.82, 2.24) is 5.43 Å². The number of hydrogen-bond acceptors (Lipinski definition) is 6. The first-order valence-corrected chi connectivity index (χ1v) is 14.1. The van der Waals surface area contributed by atoms with E-state index < -0.39 is 5.97 Å². The van der Waals surface area contributed by atoms with E-state index >= 15 is 0 Å². The second-order valence-corrected chi connectivity index (χ2v) is 10.4. The number of nitrogens with one attached hydrogen (secondary N) is 1. The second kappa shape index (κ2) is 15.4. The highest BCUT2D eigenvalue weighted by Gasteiger charge is 2.19. The summed E-state index contributed by atoms with van der Waals surface area (Å²) < 4.78 is 11.6. The van der Waals surface area contributed by atoms with Crippen LogP contribution in [0.25, 0.3) is 10.1 Å². The van der Waals surface area contributed by atoms with Crippen molar-refractivity contribution in [2.75, 3.05) is 7.11 Å². The van der Waals surface area contributed by atoms with Crippen molar-refractivity contribution in [3.05, 3.63) is 57.9 Å². The Labute approximate surface area is 228 Å². The molecule has 1 heterocycles. The van der Waals surface area contributed by atoms with Gasteiger partial charge in [-0.2, -0.15) is 5.10 Å². The minimum atomic E-state index is -0.518. The lowest BCUT2D eigenvalue weighted by atomic mass is 10.1. The summed E-state index contributed by atoms with van der Waals surface area (Å²) in [5.41, 5.74) is 3.35. The molecule has 0 fully saturated rings. The molecule has 0 aliphatic rings. The third-order valence-electron chi connectivity index (χ3n) is 6.02. The van der Waals surface area contributed by atoms with E-state index in [2.05, 4.69) is 17.5 Å². The van der Waals surface area contributed by atoms with Crippen molar-refractivity contribution >= 4 is 51.1 Å². The Morgan fingerprint density at radius 2 is 1.59 bits per heavy atom. The van der Waals surface area contributed by atoms with E-state index in [-0.39, 0.29) is 5.91 Å². The van der Waals surface area contributed by atoms with E-state index in [1.165, 1.54) is 56.3 Å². The van der Waals surface area contributed by atoms with Crippen LogP contribution in [0, 0.1) is 0 Å². The van der Waals surface area contributed by atoms with Gasteiger partial charge in [-0.1, -0.05) is 69.9 Å². The summed E-state index contributed by atoms with van der Waals surface area (Å²) in [6, 6.07) is 12.3. The Morgan fingerprint density at radius 3 is 2.27 bits per heavy atom. The predicted molar refractivity (Wildman–Crippen MR) is 152 cm³/mol. The van der Waals surface area contributed by atoms with Crippen LogP contribution in [0.1, 0.15) is 86.4 Å². The standard InChI is InChI=1S/C29H35ClN2O4S/c1-3-4-5-6-7-8-9-10-11-12-26(33)32-31-20-21-13-15-22(16-14-21)36-29(34)28-27(30)24-18-17-23(35-2)19-25(24)37-28/h13-20H,3-12H2,1-2H3,(H,32,33)/b31-20+. The summed E-state index contributed by atoms with van der Waals surface area (Å²) in [7, 11) is 1.59. The highest BCUT2D eigenvalue weighted by atomic mass is 35.5. The van der Waals surface area contributed by atoms with E-state index in [0.29, 0.717) is 27.8 Å². The van der Waals surface area contributed by atoms with Gasteiger partial charge in [-0.05, 0) is 54.4 Å². The molecule has 1 amide bonds. The molecule has 37 heavy (non-hydrogen) atoms. The first kappa shape index (κ1) is 28.7. The maximum atomic E-state index is 12.7. The molecule has 0 saturated carbocycles. The van der Waals surface area contributed by atoms with Crippen LogP contribution < -0.4 is 14.9 Å². The molecule has 8 heteroatoms. The predicted octanol–water partition coefficient (Wildman–Crippen LogP) is 8.15. The number of hydrogen-bond donors (Lipinski definition) is 1. The number of benzene rings is 2. The molecular weight excluding hydrogens is 508 g/mol. The Balaban J connectivity index is 1.39. The number of amides is 1. The Hall–Kier alpha value is -2.90. The number of unbranched alkanes of at least 4 members (excludes halogenated alkanes) is 8. The first-order valence-electron chi connectivity index (χ1n) is 12.9. The fourth-order valence-electron chi connectivity index (χ4n) is 3.91. The lowest BCUT2D eigenvalue weighted by Gasteiger charge is -2.04. The van der Waals surface area contributed by atoms with E-state index in [9.17, 15) is 9.59 Å². The minimum Gasteiger partial charge on any atom is -0.497 e. The number of halogens is 1. The zero-order valence-electron chi connectivity index (χ0n) is 21.6. The van der Waals surface area contributed by atoms with Crippen molar-refractivity contribution in [3.63, 3.8) is 0 Å². The van der Waals surface area contributed by atoms with Gasteiger partial charge in [0.05, 0.1) is 18.3 Å². The first-order chi connectivity index (χ1) is 18.0. The highest BCUT2D eigenvalue weighted by molar-refractivity contribution is 7.21. The van der Waals surface area contributed by atoms with Crippen molar-refractivity contribution in [2.24, 2.45) is 5.10 Å². The summed E-state index contributed by atoms with van der Waals surface area (Å²) in [5, 5.41) is 5.18. The van der Waals surface area contributed by atoms with Crippen molar-refractivity contribution in [1.29, 1.82) is 0 Å². The molecule has 0 radical (unpaired) electrons. The average molecular weight is 543 g/mol. The van der Waals surface area contributed by atoms with Gasteiger partial charge in [-0.25, -0.2) is 10.2 Å². The molecule has 0 spiro atoms. The van der Waals surface area contributed by atoms with Crippen LogP contribution in [0.2, 0.25) is 5.02 Å². The largest absolute Gasteiger partial charge is 0.497 e. The van der Waals surface area contributed by atoms with Gasteiger partial charge in [0.25, 0.3) is 0 Å². The van der Waals surface area contributed by atoms with E-state index in [4.69, 9.17) is 21.1 Å². The SMILES string of the molecule is CCCCCCCCCCCC(=O)N/N=C/c1ccc(OC(=O)c2sc3cc(OC)ccc3c2Cl)cc1. The quantitative estimate of drug-likeness (QED) is 0.0690. The number of rotatable bonds is 15. The zero-order chi connectivity index (χ0) is 26.5. The normalized spacial score (nSPS) is 11.2. The van der Waals surface area contributed by atoms with Crippen LogP contribution in [0.15, 0.2) is 47.6 Å². The molecule has 0 atom stereocenters. The summed E-state index contributed by atoms with van der Waals surface area (Å²) in [6.45, 7) is 2.23. The minimum absolute atomic E-state index is 0.0809. The fraction of sp³-hybridized carbons (Fsp3) is 0.414. The van der Waals surface area contributed by atoms with Crippen molar-refractivity contribution < 1.29 is 19.1 Å². The van der Waals surface area contributed by atoms with Crippen molar-refractivity contribution in [3.8, 4) is 11.5 Å². The van der Waals surface area contributed by atoms with Gasteiger partial charge < -0.3 is 9.47 Å². The number of nitrogens with zero attached hydrogens (tertiary/aromatic N) is 1. The maximum Gasteiger partial charge on any atom is 0.355 e. The number of carbonyl (C=O) groups is 2. The fourth-order valence-corrected chi connectivity index (χ4v) is 5.32. The molecule has 2 aromatic carbocycles. The second-order valence-electron chi connectivity index (χ2n) is 8.94. The average Bonchev–Trinajstić information content (AvgIpc) is 3.24. The van der Waals surface area contributed by atoms with Crippen LogP contribution in [-0.2, 0) is 4.79 Å². The van der Waals surface area contributed by atoms with Gasteiger partial charge in [0.2, 0.25) is 5.91 Å². The Morgan fingerprint density at radius 1 is 0.946 bits per heavy atom. The molecule has 0 aliphatic heterocycles. The number of carbonyl (C=O) groups excluding carboxylic acids is 2. The molecule has 0 aliphatic carbocycles. The molecule has 0 unspecified atom stereocenters. The zero-order valence-corrected chi connectivity index (χ0v) is 23.1. The number of methoxy groups -OCH3 is 1. The van der Waals surface area contributed by atoms with Gasteiger partial charge >= 0.3 is 5.97 Å². The van der Waals surface area contributed by atoms with Gasteiger partial charge in [0, 0.05) is 16.5 Å². The monoisotopic (exact) mass is 542 g/mol. The molecule has 0 saturated heterocycles. The molecule has 1 N–H and O–H groups in total. The smallest absolute Gasteiger partial charge is 0.355 e. The summed E-state index contributed by atoms with van der Waals surface area (Å²) in [6.07, 6.45) is 13.0. The molecule has 198 valence electrons. The van der Waals surface area contributed by atoms with E-state index in [1.807, 2.05) is 12.1 Å². The molecule has 6 nitrogen and oxygen atoms in total. The van der Waals surface area contributed by atoms with Gasteiger partial charge in [0.1, 0.15) is 16.4 Å². The van der Waals surface area contributed by atoms with Gasteiger partial charge in [-0.15, -0.1) is 11.3 Å².